The number of benzene rings is 1. The molecule has 0 saturated heterocycles. The molecule has 2 aliphatic rings. The highest BCUT2D eigenvalue weighted by Crippen LogP contribution is 2.64. The van der Waals surface area contributed by atoms with Crippen molar-refractivity contribution < 1.29 is 0 Å². The third kappa shape index (κ3) is 1.77. The molecule has 2 aliphatic carbocycles. The molecule has 0 aliphatic heterocycles. The van der Waals surface area contributed by atoms with Crippen molar-refractivity contribution in [1.29, 1.82) is 5.26 Å². The molecule has 1 aromatic rings. The number of fused-ring (bicyclic) bond motifs is 2. The number of alkyl halides is 1. The van der Waals surface area contributed by atoms with Crippen LogP contribution < -0.4 is 0 Å². The summed E-state index contributed by atoms with van der Waals surface area (Å²) in [6.45, 7) is 1.82. The van der Waals surface area contributed by atoms with Gasteiger partial charge in [-0.3, -0.25) is 4.99 Å². The number of nitriles is 1. The molecular formula is C16H17BrN2. The van der Waals surface area contributed by atoms with Crippen LogP contribution in [0.15, 0.2) is 35.3 Å². The molecule has 2 atom stereocenters. The average Bonchev–Trinajstić information content (AvgIpc) is 2.48. The Labute approximate surface area is 122 Å². The van der Waals surface area contributed by atoms with Gasteiger partial charge in [-0.1, -0.05) is 52.7 Å². The van der Waals surface area contributed by atoms with E-state index < -0.39 is 0 Å². The van der Waals surface area contributed by atoms with Crippen molar-refractivity contribution in [1.82, 2.24) is 0 Å². The first-order valence-corrected chi connectivity index (χ1v) is 7.78. The second-order valence-electron chi connectivity index (χ2n) is 5.59. The van der Waals surface area contributed by atoms with Crippen LogP contribution in [0.5, 0.6) is 0 Å². The normalized spacial score (nSPS) is 37.3. The molecule has 3 rings (SSSR count). The molecule has 2 bridgehead atoms. The number of aliphatic imine (C=N–C) groups is 1. The lowest BCUT2D eigenvalue weighted by molar-refractivity contribution is -0.00510. The first-order chi connectivity index (χ1) is 9.20. The maximum atomic E-state index is 9.10. The van der Waals surface area contributed by atoms with Gasteiger partial charge in [0, 0.05) is 16.7 Å². The lowest BCUT2D eigenvalue weighted by Gasteiger charge is -2.61. The zero-order valence-corrected chi connectivity index (χ0v) is 12.6. The van der Waals surface area contributed by atoms with Crippen LogP contribution in [0, 0.1) is 23.2 Å². The monoisotopic (exact) mass is 316 g/mol. The lowest BCUT2D eigenvalue weighted by Crippen LogP contribution is -2.62. The highest BCUT2D eigenvalue weighted by atomic mass is 79.9. The van der Waals surface area contributed by atoms with E-state index in [2.05, 4.69) is 46.3 Å². The van der Waals surface area contributed by atoms with Gasteiger partial charge >= 0.3 is 0 Å². The highest BCUT2D eigenvalue weighted by molar-refractivity contribution is 9.09. The largest absolute Gasteiger partial charge is 0.267 e. The van der Waals surface area contributed by atoms with Gasteiger partial charge < -0.3 is 0 Å². The second kappa shape index (κ2) is 4.76. The summed E-state index contributed by atoms with van der Waals surface area (Å²) in [4.78, 5) is 5.42. The highest BCUT2D eigenvalue weighted by Gasteiger charge is 2.63. The van der Waals surface area contributed by atoms with Crippen molar-refractivity contribution in [3.63, 3.8) is 0 Å². The van der Waals surface area contributed by atoms with Crippen molar-refractivity contribution in [3.8, 4) is 6.07 Å². The third-order valence-electron chi connectivity index (χ3n) is 4.68. The van der Waals surface area contributed by atoms with Crippen LogP contribution in [0.4, 0.5) is 0 Å². The van der Waals surface area contributed by atoms with Crippen LogP contribution in [0.2, 0.25) is 0 Å². The van der Waals surface area contributed by atoms with Gasteiger partial charge in [0.25, 0.3) is 0 Å². The van der Waals surface area contributed by atoms with E-state index in [1.807, 2.05) is 13.0 Å². The predicted octanol–water partition coefficient (Wildman–Crippen LogP) is 4.06. The van der Waals surface area contributed by atoms with Gasteiger partial charge in [-0.15, -0.1) is 0 Å². The Hall–Kier alpha value is -1.14. The van der Waals surface area contributed by atoms with Gasteiger partial charge in [0.05, 0.1) is 5.54 Å². The van der Waals surface area contributed by atoms with Gasteiger partial charge in [-0.25, -0.2) is 0 Å². The summed E-state index contributed by atoms with van der Waals surface area (Å²) in [5, 5.41) is 9.10. The lowest BCUT2D eigenvalue weighted by atomic mass is 9.49. The molecule has 0 aromatic heterocycles. The van der Waals surface area contributed by atoms with Crippen molar-refractivity contribution in [2.75, 3.05) is 0 Å². The Bertz CT molecular complexity index is 532. The fourth-order valence-electron chi connectivity index (χ4n) is 3.90. The summed E-state index contributed by atoms with van der Waals surface area (Å²) in [5.41, 5.74) is 1.71. The molecule has 0 spiro atoms. The summed E-state index contributed by atoms with van der Waals surface area (Å²) >= 11 is 3.84. The molecule has 1 aromatic carbocycles. The van der Waals surface area contributed by atoms with E-state index in [1.54, 1.807) is 0 Å². The van der Waals surface area contributed by atoms with Crippen molar-refractivity contribution >= 4 is 21.6 Å². The molecule has 98 valence electrons. The van der Waals surface area contributed by atoms with Crippen molar-refractivity contribution in [2.45, 2.75) is 36.6 Å². The molecule has 0 unspecified atom stereocenters. The third-order valence-corrected chi connectivity index (χ3v) is 5.96. The molecule has 0 radical (unpaired) electrons. The van der Waals surface area contributed by atoms with Gasteiger partial charge in [0.1, 0.15) is 11.8 Å². The molecule has 3 heteroatoms. The quantitative estimate of drug-likeness (QED) is 0.598. The first-order valence-electron chi connectivity index (χ1n) is 6.86. The molecule has 0 heterocycles. The van der Waals surface area contributed by atoms with Gasteiger partial charge in [-0.2, -0.15) is 5.26 Å². The van der Waals surface area contributed by atoms with Gasteiger partial charge in [0.2, 0.25) is 0 Å². The Morgan fingerprint density at radius 3 is 2.47 bits per heavy atom. The molecule has 0 N–H and O–H groups in total. The average molecular weight is 317 g/mol. The minimum Gasteiger partial charge on any atom is -0.267 e. The Morgan fingerprint density at radius 1 is 1.32 bits per heavy atom. The summed E-state index contributed by atoms with van der Waals surface area (Å²) in [7, 11) is 0. The predicted molar refractivity (Wildman–Crippen MR) is 80.4 cm³/mol. The summed E-state index contributed by atoms with van der Waals surface area (Å²) in [6.07, 6.45) is 3.68. The van der Waals surface area contributed by atoms with Crippen LogP contribution in [0.25, 0.3) is 0 Å². The number of rotatable bonds is 2. The standard InChI is InChI=1S/C16H17BrN2/c1-11(10-18)19-16(12-6-3-2-4-7-12)13-8-5-9-14(16)15(13)17/h2-4,6-7,13-15H,5,8-9H2,1H3/t13-,14-,15?,16?/m0/s1. The maximum absolute atomic E-state index is 9.10. The van der Waals surface area contributed by atoms with E-state index in [9.17, 15) is 0 Å². The maximum Gasteiger partial charge on any atom is 0.114 e. The smallest absolute Gasteiger partial charge is 0.114 e. The molecule has 2 nitrogen and oxygen atoms in total. The topological polar surface area (TPSA) is 36.1 Å². The van der Waals surface area contributed by atoms with Crippen molar-refractivity contribution in [3.05, 3.63) is 35.9 Å². The number of halogens is 1. The fraction of sp³-hybridized carbons (Fsp3) is 0.500. The minimum atomic E-state index is -0.159. The van der Waals surface area contributed by atoms with Crippen LogP contribution >= 0.6 is 15.9 Å². The zero-order chi connectivity index (χ0) is 13.5. The van der Waals surface area contributed by atoms with Crippen LogP contribution in [-0.2, 0) is 5.54 Å². The molecule has 2 saturated carbocycles. The van der Waals surface area contributed by atoms with E-state index in [-0.39, 0.29) is 5.54 Å². The van der Waals surface area contributed by atoms with E-state index in [0.29, 0.717) is 22.4 Å². The van der Waals surface area contributed by atoms with Crippen molar-refractivity contribution in [2.24, 2.45) is 16.8 Å². The Kier molecular flexibility index (Phi) is 3.22. The zero-order valence-electron chi connectivity index (χ0n) is 11.0. The molecule has 19 heavy (non-hydrogen) atoms. The first kappa shape index (κ1) is 12.9. The molecule has 2 fully saturated rings. The number of hydrogen-bond donors (Lipinski definition) is 0. The fourth-order valence-corrected chi connectivity index (χ4v) is 5.24. The van der Waals surface area contributed by atoms with Gasteiger partial charge in [0.15, 0.2) is 0 Å². The summed E-state index contributed by atoms with van der Waals surface area (Å²) < 4.78 is 0. The minimum absolute atomic E-state index is 0.159. The van der Waals surface area contributed by atoms with E-state index >= 15 is 0 Å². The number of nitrogens with zero attached hydrogens (tertiary/aromatic N) is 2. The van der Waals surface area contributed by atoms with E-state index in [4.69, 9.17) is 10.3 Å². The summed E-state index contributed by atoms with van der Waals surface area (Å²) in [5.74, 6) is 1.05. The van der Waals surface area contributed by atoms with Gasteiger partial charge in [-0.05, 0) is 25.3 Å². The molecule has 0 amide bonds. The van der Waals surface area contributed by atoms with E-state index in [1.165, 1.54) is 24.8 Å². The van der Waals surface area contributed by atoms with Crippen LogP contribution in [0.1, 0.15) is 31.7 Å². The number of hydrogen-bond acceptors (Lipinski definition) is 2. The Balaban J connectivity index is 2.11. The van der Waals surface area contributed by atoms with E-state index in [0.717, 1.165) is 0 Å². The van der Waals surface area contributed by atoms with Crippen LogP contribution in [-0.4, -0.2) is 10.5 Å². The molecular weight excluding hydrogens is 300 g/mol. The SMILES string of the molecule is CC(C#N)=NC1(c2ccccc2)[C@H]2CCC[C@H]1C2Br. The summed E-state index contributed by atoms with van der Waals surface area (Å²) in [6, 6.07) is 12.7. The Morgan fingerprint density at radius 2 is 1.95 bits per heavy atom. The van der Waals surface area contributed by atoms with Crippen LogP contribution in [0.3, 0.4) is 0 Å². The second-order valence-corrected chi connectivity index (χ2v) is 6.65.